The lowest BCUT2D eigenvalue weighted by molar-refractivity contribution is 0.0656. The number of hydroxylamine groups is 1. The van der Waals surface area contributed by atoms with Crippen molar-refractivity contribution < 1.29 is 4.84 Å². The predicted octanol–water partition coefficient (Wildman–Crippen LogP) is 2.28. The summed E-state index contributed by atoms with van der Waals surface area (Å²) in [6.07, 6.45) is 0.918. The van der Waals surface area contributed by atoms with Gasteiger partial charge >= 0.3 is 0 Å². The molecule has 1 aromatic rings. The van der Waals surface area contributed by atoms with Crippen molar-refractivity contribution in [1.82, 2.24) is 5.48 Å². The lowest BCUT2D eigenvalue weighted by atomic mass is 10.2. The Morgan fingerprint density at radius 2 is 2.08 bits per heavy atom. The molecule has 0 aliphatic heterocycles. The Morgan fingerprint density at radius 1 is 1.38 bits per heavy atom. The van der Waals surface area contributed by atoms with Crippen LogP contribution in [0.3, 0.4) is 0 Å². The summed E-state index contributed by atoms with van der Waals surface area (Å²) in [5, 5.41) is 0. The Morgan fingerprint density at radius 3 is 2.69 bits per heavy atom. The molecule has 1 aromatic carbocycles. The molecule has 0 bridgehead atoms. The van der Waals surface area contributed by atoms with Crippen LogP contribution in [0.2, 0.25) is 0 Å². The van der Waals surface area contributed by atoms with E-state index in [9.17, 15) is 0 Å². The first kappa shape index (κ1) is 9.81. The van der Waals surface area contributed by atoms with Crippen molar-refractivity contribution in [2.24, 2.45) is 0 Å². The van der Waals surface area contributed by atoms with Crippen LogP contribution in [-0.4, -0.2) is 6.61 Å². The normalized spacial score (nSPS) is 9.62. The van der Waals surface area contributed by atoms with E-state index < -0.39 is 0 Å². The van der Waals surface area contributed by atoms with E-state index in [1.165, 1.54) is 5.56 Å². The molecule has 70 valence electrons. The maximum absolute atomic E-state index is 5.15. The Bertz CT molecular complexity index is 256. The van der Waals surface area contributed by atoms with Gasteiger partial charge in [-0.1, -0.05) is 36.9 Å². The predicted molar refractivity (Wildman–Crippen MR) is 54.0 cm³/mol. The van der Waals surface area contributed by atoms with Gasteiger partial charge in [0.1, 0.15) is 0 Å². The van der Waals surface area contributed by atoms with Gasteiger partial charge in [0.05, 0.1) is 6.61 Å². The average Bonchev–Trinajstić information content (AvgIpc) is 2.14. The fourth-order valence-electron chi connectivity index (χ4n) is 0.988. The van der Waals surface area contributed by atoms with E-state index in [0.717, 1.165) is 12.1 Å². The van der Waals surface area contributed by atoms with Gasteiger partial charge < -0.3 is 0 Å². The minimum Gasteiger partial charge on any atom is -0.276 e. The van der Waals surface area contributed by atoms with E-state index in [1.807, 2.05) is 25.1 Å². The maximum Gasteiger partial charge on any atom is 0.0786 e. The topological polar surface area (TPSA) is 21.3 Å². The molecule has 1 N–H and O–H groups in total. The second-order valence-corrected chi connectivity index (χ2v) is 2.97. The molecule has 2 heteroatoms. The van der Waals surface area contributed by atoms with Gasteiger partial charge in [-0.05, 0) is 18.9 Å². The summed E-state index contributed by atoms with van der Waals surface area (Å²) >= 11 is 0. The van der Waals surface area contributed by atoms with Gasteiger partial charge in [0.15, 0.2) is 0 Å². The average molecular weight is 177 g/mol. The van der Waals surface area contributed by atoms with Crippen molar-refractivity contribution in [3.8, 4) is 0 Å². The Labute approximate surface area is 79.2 Å². The quantitative estimate of drug-likeness (QED) is 0.550. The highest BCUT2D eigenvalue weighted by molar-refractivity contribution is 5.14. The van der Waals surface area contributed by atoms with Crippen molar-refractivity contribution in [2.45, 2.75) is 13.3 Å². The highest BCUT2D eigenvalue weighted by Crippen LogP contribution is 1.98. The minimum absolute atomic E-state index is 0.664. The van der Waals surface area contributed by atoms with Crippen molar-refractivity contribution in [1.29, 1.82) is 0 Å². The molecule has 0 spiro atoms. The van der Waals surface area contributed by atoms with Crippen molar-refractivity contribution in [2.75, 3.05) is 6.61 Å². The number of rotatable bonds is 5. The monoisotopic (exact) mass is 177 g/mol. The Kier molecular flexibility index (Phi) is 4.06. The molecule has 0 radical (unpaired) electrons. The van der Waals surface area contributed by atoms with E-state index in [1.54, 1.807) is 0 Å². The van der Waals surface area contributed by atoms with Crippen LogP contribution >= 0.6 is 0 Å². The van der Waals surface area contributed by atoms with Crippen LogP contribution in [0.25, 0.3) is 0 Å². The van der Waals surface area contributed by atoms with Crippen LogP contribution in [-0.2, 0) is 11.3 Å². The zero-order valence-corrected chi connectivity index (χ0v) is 7.92. The Balaban J connectivity index is 2.17. The molecule has 0 saturated carbocycles. The molecule has 1 rings (SSSR count). The summed E-state index contributed by atoms with van der Waals surface area (Å²) in [5.41, 5.74) is 4.83. The van der Waals surface area contributed by atoms with E-state index in [2.05, 4.69) is 24.2 Å². The van der Waals surface area contributed by atoms with Gasteiger partial charge in [-0.25, -0.2) is 0 Å². The third-order valence-electron chi connectivity index (χ3n) is 1.58. The molecular weight excluding hydrogens is 162 g/mol. The van der Waals surface area contributed by atoms with Gasteiger partial charge in [-0.15, -0.1) is 0 Å². The van der Waals surface area contributed by atoms with E-state index in [0.29, 0.717) is 6.61 Å². The molecule has 0 unspecified atom stereocenters. The molecule has 2 nitrogen and oxygen atoms in total. The van der Waals surface area contributed by atoms with Gasteiger partial charge in [0.25, 0.3) is 0 Å². The second kappa shape index (κ2) is 5.38. The summed E-state index contributed by atoms with van der Waals surface area (Å²) in [6.45, 7) is 6.19. The molecule has 0 fully saturated rings. The highest BCUT2D eigenvalue weighted by atomic mass is 16.6. The van der Waals surface area contributed by atoms with Crippen LogP contribution < -0.4 is 5.48 Å². The van der Waals surface area contributed by atoms with Crippen LogP contribution in [0.1, 0.15) is 12.5 Å². The SMILES string of the molecule is C=C(C)NOCCc1ccccc1. The molecule has 0 atom stereocenters. The number of hydrogen-bond acceptors (Lipinski definition) is 2. The highest BCUT2D eigenvalue weighted by Gasteiger charge is 1.91. The van der Waals surface area contributed by atoms with Crippen LogP contribution in [0, 0.1) is 0 Å². The largest absolute Gasteiger partial charge is 0.276 e. The van der Waals surface area contributed by atoms with Crippen LogP contribution in [0.5, 0.6) is 0 Å². The van der Waals surface area contributed by atoms with Crippen molar-refractivity contribution in [3.05, 3.63) is 48.2 Å². The van der Waals surface area contributed by atoms with Crippen LogP contribution in [0.4, 0.5) is 0 Å². The zero-order chi connectivity index (χ0) is 9.52. The third-order valence-corrected chi connectivity index (χ3v) is 1.58. The first-order chi connectivity index (χ1) is 6.29. The van der Waals surface area contributed by atoms with Gasteiger partial charge in [0.2, 0.25) is 0 Å². The second-order valence-electron chi connectivity index (χ2n) is 2.97. The number of allylic oxidation sites excluding steroid dienone is 1. The molecule has 0 heterocycles. The number of hydrogen-bond donors (Lipinski definition) is 1. The number of benzene rings is 1. The minimum atomic E-state index is 0.664. The molecule has 0 aliphatic rings. The molecule has 0 aromatic heterocycles. The third kappa shape index (κ3) is 4.33. The molecule has 0 amide bonds. The fraction of sp³-hybridized carbons (Fsp3) is 0.273. The van der Waals surface area contributed by atoms with Crippen molar-refractivity contribution >= 4 is 0 Å². The Hall–Kier alpha value is -1.28. The van der Waals surface area contributed by atoms with Crippen molar-refractivity contribution in [3.63, 3.8) is 0 Å². The lowest BCUT2D eigenvalue weighted by Crippen LogP contribution is -2.13. The first-order valence-corrected chi connectivity index (χ1v) is 4.36. The summed E-state index contributed by atoms with van der Waals surface area (Å²) in [7, 11) is 0. The van der Waals surface area contributed by atoms with Gasteiger partial charge in [-0.2, -0.15) is 0 Å². The molecule has 13 heavy (non-hydrogen) atoms. The summed E-state index contributed by atoms with van der Waals surface area (Å²) in [5.74, 6) is 0. The van der Waals surface area contributed by atoms with Gasteiger partial charge in [0, 0.05) is 5.70 Å². The van der Waals surface area contributed by atoms with E-state index in [4.69, 9.17) is 4.84 Å². The summed E-state index contributed by atoms with van der Waals surface area (Å²) in [4.78, 5) is 5.15. The first-order valence-electron chi connectivity index (χ1n) is 4.36. The van der Waals surface area contributed by atoms with Crippen LogP contribution in [0.15, 0.2) is 42.6 Å². The zero-order valence-electron chi connectivity index (χ0n) is 7.92. The lowest BCUT2D eigenvalue weighted by Gasteiger charge is -2.05. The van der Waals surface area contributed by atoms with E-state index >= 15 is 0 Å². The maximum atomic E-state index is 5.15. The number of nitrogens with one attached hydrogen (secondary N) is 1. The smallest absolute Gasteiger partial charge is 0.0786 e. The standard InChI is InChI=1S/C11H15NO/c1-10(2)12-13-9-8-11-6-4-3-5-7-11/h3-7,12H,1,8-9H2,2H3. The van der Waals surface area contributed by atoms with E-state index in [-0.39, 0.29) is 0 Å². The fourth-order valence-corrected chi connectivity index (χ4v) is 0.988. The molecular formula is C11H15NO. The molecule has 0 aliphatic carbocycles. The summed E-state index contributed by atoms with van der Waals surface area (Å²) in [6, 6.07) is 10.2. The summed E-state index contributed by atoms with van der Waals surface area (Å²) < 4.78 is 0. The molecule has 0 saturated heterocycles. The van der Waals surface area contributed by atoms with Gasteiger partial charge in [-0.3, -0.25) is 10.3 Å².